The molecule has 1 heterocycles. The van der Waals surface area contributed by atoms with Crippen LogP contribution in [0.5, 0.6) is 5.75 Å². The molecule has 0 fully saturated rings. The summed E-state index contributed by atoms with van der Waals surface area (Å²) in [6.07, 6.45) is 0. The van der Waals surface area contributed by atoms with Crippen LogP contribution in [0.25, 0.3) is 22.2 Å². The normalized spacial score (nSPS) is 10.7. The number of hydrogen-bond donors (Lipinski definition) is 0. The van der Waals surface area contributed by atoms with Gasteiger partial charge >= 0.3 is 11.9 Å². The van der Waals surface area contributed by atoms with E-state index in [4.69, 9.17) is 21.1 Å². The zero-order chi connectivity index (χ0) is 20.4. The molecule has 0 aliphatic carbocycles. The van der Waals surface area contributed by atoms with E-state index in [2.05, 4.69) is 5.10 Å². The van der Waals surface area contributed by atoms with Crippen LogP contribution in [0.15, 0.2) is 36.4 Å². The second-order valence-electron chi connectivity index (χ2n) is 5.94. The molecule has 3 aromatic rings. The largest absolute Gasteiger partial charge is 0.462 e. The maximum absolute atomic E-state index is 12.3. The third-order valence-electron chi connectivity index (χ3n) is 3.93. The first-order valence-electron chi connectivity index (χ1n) is 8.51. The van der Waals surface area contributed by atoms with Crippen LogP contribution in [-0.4, -0.2) is 34.2 Å². The van der Waals surface area contributed by atoms with Gasteiger partial charge in [0.2, 0.25) is 5.91 Å². The minimum absolute atomic E-state index is 0.0362. The van der Waals surface area contributed by atoms with Crippen LogP contribution in [-0.2, 0) is 9.53 Å². The Balaban J connectivity index is 2.40. The van der Waals surface area contributed by atoms with Crippen molar-refractivity contribution >= 4 is 40.3 Å². The number of fused-ring (bicyclic) bond motifs is 1. The van der Waals surface area contributed by atoms with Gasteiger partial charge in [0.1, 0.15) is 11.2 Å². The minimum atomic E-state index is -0.599. The number of hydrogen-bond acceptors (Lipinski definition) is 6. The van der Waals surface area contributed by atoms with Gasteiger partial charge in [-0.25, -0.2) is 4.79 Å². The Hall–Kier alpha value is -3.19. The molecule has 144 valence electrons. The van der Waals surface area contributed by atoms with Crippen molar-refractivity contribution in [3.63, 3.8) is 0 Å². The van der Waals surface area contributed by atoms with Crippen molar-refractivity contribution < 1.29 is 23.9 Å². The van der Waals surface area contributed by atoms with Gasteiger partial charge in [-0.1, -0.05) is 29.8 Å². The number of esters is 2. The van der Waals surface area contributed by atoms with E-state index in [0.29, 0.717) is 21.7 Å². The van der Waals surface area contributed by atoms with Crippen LogP contribution in [0.4, 0.5) is 0 Å². The number of carbonyl (C=O) groups excluding carboxylic acids is 3. The van der Waals surface area contributed by atoms with Crippen LogP contribution < -0.4 is 4.74 Å². The molecule has 0 aliphatic heterocycles. The predicted octanol–water partition coefficient (Wildman–Crippen LogP) is 4.12. The fourth-order valence-corrected chi connectivity index (χ4v) is 3.08. The molecule has 1 aromatic heterocycles. The third-order valence-corrected chi connectivity index (χ3v) is 4.26. The Kier molecular flexibility index (Phi) is 5.46. The van der Waals surface area contributed by atoms with E-state index >= 15 is 0 Å². The monoisotopic (exact) mass is 400 g/mol. The van der Waals surface area contributed by atoms with Crippen molar-refractivity contribution in [1.29, 1.82) is 0 Å². The minimum Gasteiger partial charge on any atom is -0.462 e. The predicted molar refractivity (Wildman–Crippen MR) is 104 cm³/mol. The first-order valence-corrected chi connectivity index (χ1v) is 8.89. The number of rotatable bonds is 4. The SMILES string of the molecule is CCOC(=O)c1cc(OC(C)=O)c2c(c1)c(-c1ccccc1Cl)nn2C(C)=O. The quantitative estimate of drug-likeness (QED) is 0.483. The maximum atomic E-state index is 12.3. The summed E-state index contributed by atoms with van der Waals surface area (Å²) in [5.74, 6) is -1.54. The molecule has 0 amide bonds. The Labute approximate surface area is 165 Å². The molecule has 0 saturated carbocycles. The van der Waals surface area contributed by atoms with Gasteiger partial charge in [-0.15, -0.1) is 0 Å². The summed E-state index contributed by atoms with van der Waals surface area (Å²) < 4.78 is 11.5. The summed E-state index contributed by atoms with van der Waals surface area (Å²) in [6.45, 7) is 4.43. The highest BCUT2D eigenvalue weighted by atomic mass is 35.5. The molecule has 0 aliphatic rings. The molecule has 0 spiro atoms. The van der Waals surface area contributed by atoms with Gasteiger partial charge < -0.3 is 9.47 Å². The molecule has 0 atom stereocenters. The Morgan fingerprint density at radius 1 is 1.14 bits per heavy atom. The maximum Gasteiger partial charge on any atom is 0.338 e. The summed E-state index contributed by atoms with van der Waals surface area (Å²) in [5, 5.41) is 5.23. The van der Waals surface area contributed by atoms with Crippen LogP contribution >= 0.6 is 11.6 Å². The molecule has 28 heavy (non-hydrogen) atoms. The number of benzene rings is 2. The van der Waals surface area contributed by atoms with E-state index in [1.165, 1.54) is 19.9 Å². The lowest BCUT2D eigenvalue weighted by Crippen LogP contribution is -2.11. The van der Waals surface area contributed by atoms with E-state index in [9.17, 15) is 14.4 Å². The average Bonchev–Trinajstić information content (AvgIpc) is 3.02. The molecule has 7 nitrogen and oxygen atoms in total. The third kappa shape index (κ3) is 3.61. The molecule has 0 N–H and O–H groups in total. The second-order valence-corrected chi connectivity index (χ2v) is 6.35. The summed E-state index contributed by atoms with van der Waals surface area (Å²) in [4.78, 5) is 36.1. The lowest BCUT2D eigenvalue weighted by atomic mass is 10.0. The Morgan fingerprint density at radius 2 is 1.86 bits per heavy atom. The topological polar surface area (TPSA) is 87.5 Å². The highest BCUT2D eigenvalue weighted by molar-refractivity contribution is 6.33. The molecule has 8 heteroatoms. The average molecular weight is 401 g/mol. The molecule has 0 radical (unpaired) electrons. The van der Waals surface area contributed by atoms with Gasteiger partial charge in [0.15, 0.2) is 5.75 Å². The zero-order valence-corrected chi connectivity index (χ0v) is 16.2. The van der Waals surface area contributed by atoms with Crippen LogP contribution in [0.3, 0.4) is 0 Å². The van der Waals surface area contributed by atoms with Crippen molar-refractivity contribution in [2.24, 2.45) is 0 Å². The van der Waals surface area contributed by atoms with Crippen molar-refractivity contribution in [1.82, 2.24) is 9.78 Å². The first kappa shape index (κ1) is 19.6. The summed E-state index contributed by atoms with van der Waals surface area (Å²) >= 11 is 6.31. The lowest BCUT2D eigenvalue weighted by Gasteiger charge is -2.09. The molecule has 0 unspecified atom stereocenters. The first-order chi connectivity index (χ1) is 13.3. The van der Waals surface area contributed by atoms with Gasteiger partial charge in [-0.3, -0.25) is 9.59 Å². The van der Waals surface area contributed by atoms with Gasteiger partial charge in [0, 0.05) is 24.8 Å². The Bertz CT molecular complexity index is 1100. The summed E-state index contributed by atoms with van der Waals surface area (Å²) in [6, 6.07) is 9.89. The van der Waals surface area contributed by atoms with Crippen LogP contribution in [0.1, 0.15) is 35.9 Å². The van der Waals surface area contributed by atoms with E-state index in [1.807, 2.05) is 0 Å². The number of halogens is 1. The molecular weight excluding hydrogens is 384 g/mol. The Morgan fingerprint density at radius 3 is 2.46 bits per heavy atom. The van der Waals surface area contributed by atoms with E-state index < -0.39 is 11.9 Å². The van der Waals surface area contributed by atoms with Gasteiger partial charge in [-0.2, -0.15) is 9.78 Å². The summed E-state index contributed by atoms with van der Waals surface area (Å²) in [7, 11) is 0. The number of carbonyl (C=O) groups is 3. The fraction of sp³-hybridized carbons (Fsp3) is 0.200. The fourth-order valence-electron chi connectivity index (χ4n) is 2.86. The van der Waals surface area contributed by atoms with Crippen molar-refractivity contribution in [3.8, 4) is 17.0 Å². The van der Waals surface area contributed by atoms with Crippen LogP contribution in [0, 0.1) is 0 Å². The molecule has 0 saturated heterocycles. The highest BCUT2D eigenvalue weighted by Crippen LogP contribution is 2.37. The number of aromatic nitrogens is 2. The molecule has 3 rings (SSSR count). The number of ether oxygens (including phenoxy) is 2. The standard InChI is InChI=1S/C20H17ClN2O5/c1-4-27-20(26)13-9-15-18(14-7-5-6-8-16(14)21)22-23(11(2)24)19(15)17(10-13)28-12(3)25/h5-10H,4H2,1-3H3. The molecule has 2 aromatic carbocycles. The van der Waals surface area contributed by atoms with E-state index in [-0.39, 0.29) is 29.3 Å². The van der Waals surface area contributed by atoms with E-state index in [1.54, 1.807) is 37.3 Å². The van der Waals surface area contributed by atoms with Crippen molar-refractivity contribution in [2.75, 3.05) is 6.61 Å². The molecular formula is C20H17ClN2O5. The van der Waals surface area contributed by atoms with Crippen molar-refractivity contribution in [2.45, 2.75) is 20.8 Å². The van der Waals surface area contributed by atoms with E-state index in [0.717, 1.165) is 4.68 Å². The van der Waals surface area contributed by atoms with Gasteiger partial charge in [0.25, 0.3) is 0 Å². The lowest BCUT2D eigenvalue weighted by molar-refractivity contribution is -0.131. The smallest absolute Gasteiger partial charge is 0.338 e. The van der Waals surface area contributed by atoms with Crippen LogP contribution in [0.2, 0.25) is 5.02 Å². The zero-order valence-electron chi connectivity index (χ0n) is 15.5. The molecule has 0 bridgehead atoms. The second kappa shape index (κ2) is 7.82. The number of nitrogens with zero attached hydrogens (tertiary/aromatic N) is 2. The van der Waals surface area contributed by atoms with Gasteiger partial charge in [-0.05, 0) is 25.1 Å². The summed E-state index contributed by atoms with van der Waals surface area (Å²) in [5.41, 5.74) is 1.40. The highest BCUT2D eigenvalue weighted by Gasteiger charge is 2.23. The van der Waals surface area contributed by atoms with Gasteiger partial charge in [0.05, 0.1) is 17.2 Å². The van der Waals surface area contributed by atoms with Crippen molar-refractivity contribution in [3.05, 3.63) is 47.0 Å².